The van der Waals surface area contributed by atoms with E-state index in [1.54, 1.807) is 24.3 Å². The van der Waals surface area contributed by atoms with E-state index in [-0.39, 0.29) is 11.5 Å². The Morgan fingerprint density at radius 1 is 0.947 bits per heavy atom. The highest BCUT2D eigenvalue weighted by molar-refractivity contribution is 6.09. The monoisotopic (exact) mass is 263 g/mol. The van der Waals surface area contributed by atoms with E-state index in [4.69, 9.17) is 5.73 Å². The quantitative estimate of drug-likeness (QED) is 0.681. The van der Waals surface area contributed by atoms with E-state index in [0.29, 0.717) is 16.8 Å². The summed E-state index contributed by atoms with van der Waals surface area (Å²) in [6, 6.07) is 12.0. The number of hydrogen-bond acceptors (Lipinski definition) is 3. The van der Waals surface area contributed by atoms with Gasteiger partial charge < -0.3 is 10.5 Å². The topological polar surface area (TPSA) is 52.3 Å². The molecular weight excluding hydrogens is 252 g/mol. The van der Waals surface area contributed by atoms with Gasteiger partial charge in [-0.15, -0.1) is 0 Å². The second-order valence-electron chi connectivity index (χ2n) is 3.85. The molecular formula is C14H11F2NO2. The largest absolute Gasteiger partial charge is 0.435 e. The zero-order chi connectivity index (χ0) is 13.8. The Balaban J connectivity index is 2.17. The van der Waals surface area contributed by atoms with Crippen LogP contribution in [0.4, 0.5) is 14.5 Å². The number of benzene rings is 2. The maximum absolute atomic E-state index is 12.1. The molecule has 0 aliphatic rings. The van der Waals surface area contributed by atoms with E-state index in [2.05, 4.69) is 4.74 Å². The Bertz CT molecular complexity index is 565. The first-order valence-corrected chi connectivity index (χ1v) is 5.51. The van der Waals surface area contributed by atoms with Gasteiger partial charge in [-0.1, -0.05) is 0 Å². The van der Waals surface area contributed by atoms with E-state index in [1.807, 2.05) is 0 Å². The molecule has 98 valence electrons. The molecule has 2 aromatic carbocycles. The molecule has 2 rings (SSSR count). The van der Waals surface area contributed by atoms with Crippen LogP contribution in [0, 0.1) is 0 Å². The van der Waals surface area contributed by atoms with Crippen molar-refractivity contribution in [2.45, 2.75) is 6.61 Å². The van der Waals surface area contributed by atoms with E-state index in [9.17, 15) is 13.6 Å². The fourth-order valence-electron chi connectivity index (χ4n) is 1.59. The summed E-state index contributed by atoms with van der Waals surface area (Å²) in [5, 5.41) is 0. The van der Waals surface area contributed by atoms with E-state index in [1.165, 1.54) is 24.3 Å². The Kier molecular flexibility index (Phi) is 3.75. The predicted octanol–water partition coefficient (Wildman–Crippen LogP) is 3.10. The van der Waals surface area contributed by atoms with Gasteiger partial charge in [0, 0.05) is 16.8 Å². The van der Waals surface area contributed by atoms with Gasteiger partial charge in [0.1, 0.15) is 5.75 Å². The number of ether oxygens (including phenoxy) is 1. The molecule has 0 radical (unpaired) electrons. The summed E-state index contributed by atoms with van der Waals surface area (Å²) in [5.41, 5.74) is 6.98. The molecule has 0 unspecified atom stereocenters. The van der Waals surface area contributed by atoms with Gasteiger partial charge in [0.15, 0.2) is 5.78 Å². The third-order valence-corrected chi connectivity index (χ3v) is 2.51. The number of hydrogen-bond donors (Lipinski definition) is 1. The lowest BCUT2D eigenvalue weighted by Crippen LogP contribution is -2.04. The van der Waals surface area contributed by atoms with Crippen LogP contribution in [0.25, 0.3) is 0 Å². The molecule has 0 saturated carbocycles. The number of halogens is 2. The average molecular weight is 263 g/mol. The molecule has 0 aromatic heterocycles. The van der Waals surface area contributed by atoms with Crippen LogP contribution in [-0.4, -0.2) is 12.4 Å². The van der Waals surface area contributed by atoms with E-state index < -0.39 is 6.61 Å². The number of nitrogens with two attached hydrogens (primary N) is 1. The number of ketones is 1. The standard InChI is InChI=1S/C14H11F2NO2/c15-14(16)19-12-7-3-10(4-8-12)13(18)9-1-5-11(17)6-2-9/h1-8,14H,17H2. The van der Waals surface area contributed by atoms with E-state index in [0.717, 1.165) is 0 Å². The summed E-state index contributed by atoms with van der Waals surface area (Å²) in [7, 11) is 0. The molecule has 2 N–H and O–H groups in total. The van der Waals surface area contributed by atoms with Crippen LogP contribution in [0.15, 0.2) is 48.5 Å². The molecule has 0 aliphatic carbocycles. The summed E-state index contributed by atoms with van der Waals surface area (Å²) < 4.78 is 28.2. The van der Waals surface area contributed by atoms with Gasteiger partial charge in [0.25, 0.3) is 0 Å². The summed E-state index contributed by atoms with van der Waals surface area (Å²) >= 11 is 0. The normalized spacial score (nSPS) is 10.5. The molecule has 0 aliphatic heterocycles. The zero-order valence-corrected chi connectivity index (χ0v) is 9.85. The van der Waals surface area contributed by atoms with Crippen molar-refractivity contribution in [2.75, 3.05) is 5.73 Å². The number of nitrogen functional groups attached to an aromatic ring is 1. The highest BCUT2D eigenvalue weighted by Crippen LogP contribution is 2.17. The maximum atomic E-state index is 12.1. The third-order valence-electron chi connectivity index (χ3n) is 2.51. The molecule has 0 amide bonds. The zero-order valence-electron chi connectivity index (χ0n) is 9.85. The first-order valence-electron chi connectivity index (χ1n) is 5.51. The maximum Gasteiger partial charge on any atom is 0.387 e. The van der Waals surface area contributed by atoms with Crippen molar-refractivity contribution in [3.8, 4) is 5.75 Å². The SMILES string of the molecule is Nc1ccc(C(=O)c2ccc(OC(F)F)cc2)cc1. The molecule has 0 fully saturated rings. The Morgan fingerprint density at radius 2 is 1.42 bits per heavy atom. The van der Waals surface area contributed by atoms with Crippen molar-refractivity contribution >= 4 is 11.5 Å². The molecule has 0 saturated heterocycles. The van der Waals surface area contributed by atoms with Gasteiger partial charge in [-0.05, 0) is 48.5 Å². The van der Waals surface area contributed by atoms with Crippen molar-refractivity contribution in [1.29, 1.82) is 0 Å². The number of anilines is 1. The lowest BCUT2D eigenvalue weighted by Gasteiger charge is -2.05. The second-order valence-corrected chi connectivity index (χ2v) is 3.85. The number of rotatable bonds is 4. The van der Waals surface area contributed by atoms with Gasteiger partial charge in [0.2, 0.25) is 0 Å². The number of carbonyl (C=O) groups is 1. The third kappa shape index (κ3) is 3.28. The van der Waals surface area contributed by atoms with Crippen LogP contribution in [0.2, 0.25) is 0 Å². The summed E-state index contributed by atoms with van der Waals surface area (Å²) in [6.07, 6.45) is 0. The molecule has 3 nitrogen and oxygen atoms in total. The van der Waals surface area contributed by atoms with Gasteiger partial charge in [0.05, 0.1) is 0 Å². The van der Waals surface area contributed by atoms with Gasteiger partial charge in [-0.3, -0.25) is 4.79 Å². The van der Waals surface area contributed by atoms with Crippen LogP contribution >= 0.6 is 0 Å². The Morgan fingerprint density at radius 3 is 1.89 bits per heavy atom. The Labute approximate surface area is 108 Å². The molecule has 19 heavy (non-hydrogen) atoms. The molecule has 0 atom stereocenters. The lowest BCUT2D eigenvalue weighted by molar-refractivity contribution is -0.0498. The van der Waals surface area contributed by atoms with Crippen LogP contribution in [0.1, 0.15) is 15.9 Å². The van der Waals surface area contributed by atoms with Gasteiger partial charge in [-0.25, -0.2) is 0 Å². The highest BCUT2D eigenvalue weighted by atomic mass is 19.3. The second kappa shape index (κ2) is 5.48. The van der Waals surface area contributed by atoms with Crippen molar-refractivity contribution in [3.05, 3.63) is 59.7 Å². The summed E-state index contributed by atoms with van der Waals surface area (Å²) in [5.74, 6) is -0.188. The summed E-state index contributed by atoms with van der Waals surface area (Å²) in [6.45, 7) is -2.88. The highest BCUT2D eigenvalue weighted by Gasteiger charge is 2.10. The van der Waals surface area contributed by atoms with Crippen molar-refractivity contribution in [3.63, 3.8) is 0 Å². The van der Waals surface area contributed by atoms with Crippen molar-refractivity contribution < 1.29 is 18.3 Å². The fourth-order valence-corrected chi connectivity index (χ4v) is 1.59. The van der Waals surface area contributed by atoms with Crippen LogP contribution in [-0.2, 0) is 0 Å². The minimum absolute atomic E-state index is 0.0175. The average Bonchev–Trinajstić information content (AvgIpc) is 2.39. The van der Waals surface area contributed by atoms with Gasteiger partial charge in [-0.2, -0.15) is 8.78 Å². The molecule has 0 heterocycles. The van der Waals surface area contributed by atoms with Crippen LogP contribution < -0.4 is 10.5 Å². The fraction of sp³-hybridized carbons (Fsp3) is 0.0714. The minimum Gasteiger partial charge on any atom is -0.435 e. The van der Waals surface area contributed by atoms with Crippen molar-refractivity contribution in [1.82, 2.24) is 0 Å². The first-order chi connectivity index (χ1) is 9.06. The molecule has 5 heteroatoms. The molecule has 0 bridgehead atoms. The predicted molar refractivity (Wildman–Crippen MR) is 67.4 cm³/mol. The first kappa shape index (κ1) is 13.0. The minimum atomic E-state index is -2.88. The van der Waals surface area contributed by atoms with Crippen LogP contribution in [0.3, 0.4) is 0 Å². The lowest BCUT2D eigenvalue weighted by atomic mass is 10.0. The number of alkyl halides is 2. The smallest absolute Gasteiger partial charge is 0.387 e. The van der Waals surface area contributed by atoms with E-state index >= 15 is 0 Å². The van der Waals surface area contributed by atoms with Crippen molar-refractivity contribution in [2.24, 2.45) is 0 Å². The van der Waals surface area contributed by atoms with Crippen LogP contribution in [0.5, 0.6) is 5.75 Å². The molecule has 2 aromatic rings. The molecule has 0 spiro atoms. The summed E-state index contributed by atoms with van der Waals surface area (Å²) in [4.78, 5) is 12.1. The van der Waals surface area contributed by atoms with Gasteiger partial charge >= 0.3 is 6.61 Å². The number of carbonyl (C=O) groups excluding carboxylic acids is 1. The Hall–Kier alpha value is -2.43.